The molecule has 1 unspecified atom stereocenters. The van der Waals surface area contributed by atoms with Crippen molar-refractivity contribution in [1.82, 2.24) is 15.2 Å². The Hall–Kier alpha value is -1.34. The molecule has 1 aromatic heterocycles. The Morgan fingerprint density at radius 2 is 2.07 bits per heavy atom. The average Bonchev–Trinajstić information content (AvgIpc) is 3.26. The quantitative estimate of drug-likeness (QED) is 0.723. The first kappa shape index (κ1) is 23.7. The molecule has 2 aromatic rings. The minimum absolute atomic E-state index is 0. The summed E-state index contributed by atoms with van der Waals surface area (Å²) in [5.74, 6) is 1.05. The molecule has 150 valence electrons. The van der Waals surface area contributed by atoms with Crippen molar-refractivity contribution in [1.29, 1.82) is 0 Å². The second-order valence-corrected chi connectivity index (χ2v) is 7.08. The number of ether oxygens (including phenoxy) is 1. The number of likely N-dealkylation sites (tertiary alicyclic amines) is 1. The second kappa shape index (κ2) is 11.5. The van der Waals surface area contributed by atoms with E-state index in [-0.39, 0.29) is 30.7 Å². The minimum Gasteiger partial charge on any atom is -0.494 e. The van der Waals surface area contributed by atoms with E-state index >= 15 is 0 Å². The number of nitrogens with zero attached hydrogens (tertiary/aromatic N) is 2. The summed E-state index contributed by atoms with van der Waals surface area (Å²) in [6.45, 7) is 4.36. The number of thiazole rings is 1. The van der Waals surface area contributed by atoms with Crippen molar-refractivity contribution >= 4 is 42.1 Å². The molecule has 0 aliphatic carbocycles. The lowest BCUT2D eigenvalue weighted by Gasteiger charge is -2.24. The molecule has 1 amide bonds. The van der Waals surface area contributed by atoms with Gasteiger partial charge >= 0.3 is 0 Å². The topological polar surface area (TPSA) is 54.5 Å². The van der Waals surface area contributed by atoms with Gasteiger partial charge in [-0.3, -0.25) is 4.79 Å². The highest BCUT2D eigenvalue weighted by Gasteiger charge is 2.28. The summed E-state index contributed by atoms with van der Waals surface area (Å²) in [7, 11) is 1.94. The smallest absolute Gasteiger partial charge is 0.228 e. The van der Waals surface area contributed by atoms with Gasteiger partial charge in [0.05, 0.1) is 18.7 Å². The summed E-state index contributed by atoms with van der Waals surface area (Å²) in [4.78, 5) is 19.3. The molecule has 0 bridgehead atoms. The Balaban J connectivity index is 0.00000182. The van der Waals surface area contributed by atoms with Crippen LogP contribution >= 0.6 is 36.2 Å². The number of hydrogen-bond acceptors (Lipinski definition) is 5. The van der Waals surface area contributed by atoms with Crippen LogP contribution in [0.5, 0.6) is 5.75 Å². The predicted molar refractivity (Wildman–Crippen MR) is 116 cm³/mol. The number of aromatic nitrogens is 1. The summed E-state index contributed by atoms with van der Waals surface area (Å²) < 4.78 is 5.47. The van der Waals surface area contributed by atoms with E-state index in [0.29, 0.717) is 19.1 Å². The zero-order valence-electron chi connectivity index (χ0n) is 15.6. The van der Waals surface area contributed by atoms with Crippen LogP contribution in [0.1, 0.15) is 25.5 Å². The van der Waals surface area contributed by atoms with Gasteiger partial charge < -0.3 is 15.0 Å². The van der Waals surface area contributed by atoms with Gasteiger partial charge in [0.2, 0.25) is 5.91 Å². The lowest BCUT2D eigenvalue weighted by atomic mass is 10.2. The molecule has 8 heteroatoms. The van der Waals surface area contributed by atoms with Crippen molar-refractivity contribution in [3.63, 3.8) is 0 Å². The highest BCUT2D eigenvalue weighted by atomic mass is 35.5. The maximum Gasteiger partial charge on any atom is 0.228 e. The Morgan fingerprint density at radius 1 is 1.33 bits per heavy atom. The Morgan fingerprint density at radius 3 is 2.74 bits per heavy atom. The predicted octanol–water partition coefficient (Wildman–Crippen LogP) is 3.81. The third-order valence-electron chi connectivity index (χ3n) is 4.43. The number of hydrogen-bond donors (Lipinski definition) is 1. The molecule has 1 fully saturated rings. The van der Waals surface area contributed by atoms with Crippen LogP contribution in [0, 0.1) is 0 Å². The zero-order valence-corrected chi connectivity index (χ0v) is 18.1. The molecular formula is C19H27Cl2N3O2S. The van der Waals surface area contributed by atoms with Gasteiger partial charge in [0, 0.05) is 30.1 Å². The van der Waals surface area contributed by atoms with Crippen LogP contribution < -0.4 is 10.1 Å². The minimum atomic E-state index is 0. The first-order valence-electron chi connectivity index (χ1n) is 8.83. The van der Waals surface area contributed by atoms with Gasteiger partial charge in [-0.05, 0) is 51.1 Å². The van der Waals surface area contributed by atoms with E-state index in [2.05, 4.69) is 10.3 Å². The Bertz CT molecular complexity index is 709. The van der Waals surface area contributed by atoms with Crippen molar-refractivity contribution in [3.8, 4) is 16.3 Å². The van der Waals surface area contributed by atoms with E-state index in [1.807, 2.05) is 48.5 Å². The maximum absolute atomic E-state index is 12.6. The first-order valence-corrected chi connectivity index (χ1v) is 9.71. The average molecular weight is 432 g/mol. The van der Waals surface area contributed by atoms with Gasteiger partial charge in [0.25, 0.3) is 0 Å². The van der Waals surface area contributed by atoms with E-state index < -0.39 is 0 Å². The highest BCUT2D eigenvalue weighted by molar-refractivity contribution is 7.13. The van der Waals surface area contributed by atoms with Crippen molar-refractivity contribution in [2.75, 3.05) is 26.7 Å². The fourth-order valence-corrected chi connectivity index (χ4v) is 4.08. The van der Waals surface area contributed by atoms with E-state index in [1.54, 1.807) is 11.3 Å². The molecule has 5 nitrogen and oxygen atoms in total. The number of halogens is 2. The third kappa shape index (κ3) is 6.07. The standard InChI is InChI=1S/C19H25N3O2S.2ClH/c1-3-24-17-8-6-14(7-9-17)19-21-15(13-25-19)11-18(23)22-10-4-5-16(22)12-20-2;;/h6-9,13,16,20H,3-5,10-12H2,1-2H3;2*1H. The van der Waals surface area contributed by atoms with Crippen molar-refractivity contribution < 1.29 is 9.53 Å². The van der Waals surface area contributed by atoms with Crippen LogP contribution in [-0.4, -0.2) is 48.6 Å². The van der Waals surface area contributed by atoms with Crippen LogP contribution in [-0.2, 0) is 11.2 Å². The van der Waals surface area contributed by atoms with Crippen LogP contribution in [0.25, 0.3) is 10.6 Å². The molecule has 0 spiro atoms. The van der Waals surface area contributed by atoms with Crippen LogP contribution in [0.2, 0.25) is 0 Å². The second-order valence-electron chi connectivity index (χ2n) is 6.22. The van der Waals surface area contributed by atoms with Crippen molar-refractivity contribution in [2.45, 2.75) is 32.2 Å². The Kier molecular flexibility index (Phi) is 10.1. The zero-order chi connectivity index (χ0) is 17.6. The van der Waals surface area contributed by atoms with Crippen LogP contribution in [0.4, 0.5) is 0 Å². The van der Waals surface area contributed by atoms with Crippen molar-refractivity contribution in [3.05, 3.63) is 35.3 Å². The summed E-state index contributed by atoms with van der Waals surface area (Å²) in [5, 5.41) is 6.12. The van der Waals surface area contributed by atoms with Gasteiger partial charge in [-0.15, -0.1) is 36.2 Å². The number of carbonyl (C=O) groups is 1. The molecule has 1 aromatic carbocycles. The van der Waals surface area contributed by atoms with E-state index in [4.69, 9.17) is 4.74 Å². The molecule has 1 aliphatic rings. The molecule has 0 radical (unpaired) electrons. The Labute approximate surface area is 177 Å². The fourth-order valence-electron chi connectivity index (χ4n) is 3.25. The summed E-state index contributed by atoms with van der Waals surface area (Å²) in [6.07, 6.45) is 2.56. The normalized spacial score (nSPS) is 15.8. The molecule has 3 rings (SSSR count). The number of rotatable bonds is 7. The van der Waals surface area contributed by atoms with Gasteiger partial charge in [0.15, 0.2) is 0 Å². The van der Waals surface area contributed by atoms with Crippen LogP contribution in [0.3, 0.4) is 0 Å². The molecule has 1 atom stereocenters. The molecule has 1 aliphatic heterocycles. The molecule has 1 N–H and O–H groups in total. The summed E-state index contributed by atoms with van der Waals surface area (Å²) in [5.41, 5.74) is 1.91. The first-order chi connectivity index (χ1) is 12.2. The SMILES string of the molecule is CCOc1ccc(-c2nc(CC(=O)N3CCCC3CNC)cs2)cc1.Cl.Cl. The third-order valence-corrected chi connectivity index (χ3v) is 5.37. The van der Waals surface area contributed by atoms with Crippen LogP contribution in [0.15, 0.2) is 29.6 Å². The van der Waals surface area contributed by atoms with E-state index in [1.165, 1.54) is 0 Å². The highest BCUT2D eigenvalue weighted by Crippen LogP contribution is 2.26. The van der Waals surface area contributed by atoms with E-state index in [0.717, 1.165) is 47.9 Å². The number of nitrogens with one attached hydrogen (secondary N) is 1. The molecule has 1 saturated heterocycles. The summed E-state index contributed by atoms with van der Waals surface area (Å²) >= 11 is 1.58. The number of carbonyl (C=O) groups excluding carboxylic acids is 1. The molecular weight excluding hydrogens is 405 g/mol. The number of benzene rings is 1. The number of likely N-dealkylation sites (N-methyl/N-ethyl adjacent to an activating group) is 1. The lowest BCUT2D eigenvalue weighted by Crippen LogP contribution is -2.41. The van der Waals surface area contributed by atoms with Gasteiger partial charge in [-0.25, -0.2) is 4.98 Å². The fraction of sp³-hybridized carbons (Fsp3) is 0.474. The largest absolute Gasteiger partial charge is 0.494 e. The van der Waals surface area contributed by atoms with Gasteiger partial charge in [-0.2, -0.15) is 0 Å². The maximum atomic E-state index is 12.6. The monoisotopic (exact) mass is 431 g/mol. The van der Waals surface area contributed by atoms with Gasteiger partial charge in [-0.1, -0.05) is 0 Å². The van der Waals surface area contributed by atoms with Crippen molar-refractivity contribution in [2.24, 2.45) is 0 Å². The van der Waals surface area contributed by atoms with E-state index in [9.17, 15) is 4.79 Å². The molecule has 0 saturated carbocycles. The summed E-state index contributed by atoms with van der Waals surface area (Å²) in [6, 6.07) is 8.26. The molecule has 27 heavy (non-hydrogen) atoms. The molecule has 2 heterocycles. The number of amides is 1. The lowest BCUT2D eigenvalue weighted by molar-refractivity contribution is -0.131. The van der Waals surface area contributed by atoms with Gasteiger partial charge in [0.1, 0.15) is 10.8 Å².